The minimum absolute atomic E-state index is 0.00922. The van der Waals surface area contributed by atoms with E-state index in [1.165, 1.54) is 15.3 Å². The molecule has 2 amide bonds. The van der Waals surface area contributed by atoms with Crippen molar-refractivity contribution in [3.8, 4) is 11.5 Å². The molecular formula is C33H40FN3O6S. The number of rotatable bonds is 12. The fraction of sp³-hybridized carbons (Fsp3) is 0.394. The predicted molar refractivity (Wildman–Crippen MR) is 168 cm³/mol. The van der Waals surface area contributed by atoms with Gasteiger partial charge in [-0.3, -0.25) is 13.9 Å². The van der Waals surface area contributed by atoms with Crippen LogP contribution in [-0.2, 0) is 32.6 Å². The van der Waals surface area contributed by atoms with Crippen LogP contribution in [0.5, 0.6) is 11.5 Å². The van der Waals surface area contributed by atoms with Gasteiger partial charge in [0.1, 0.15) is 25.1 Å². The molecule has 236 valence electrons. The van der Waals surface area contributed by atoms with E-state index < -0.39 is 33.3 Å². The van der Waals surface area contributed by atoms with Gasteiger partial charge in [0.2, 0.25) is 21.8 Å². The second-order valence-electron chi connectivity index (χ2n) is 11.8. The molecule has 1 unspecified atom stereocenters. The van der Waals surface area contributed by atoms with Crippen molar-refractivity contribution in [2.75, 3.05) is 30.3 Å². The average Bonchev–Trinajstić information content (AvgIpc) is 2.96. The third kappa shape index (κ3) is 8.95. The summed E-state index contributed by atoms with van der Waals surface area (Å²) in [5.41, 5.74) is 0.934. The molecule has 3 aromatic carbocycles. The quantitative estimate of drug-likeness (QED) is 0.313. The first-order chi connectivity index (χ1) is 20.8. The Labute approximate surface area is 259 Å². The molecule has 44 heavy (non-hydrogen) atoms. The van der Waals surface area contributed by atoms with Crippen LogP contribution in [0, 0.1) is 5.82 Å². The normalized spacial score (nSPS) is 13.6. The molecule has 1 aliphatic heterocycles. The maximum atomic E-state index is 14.8. The lowest BCUT2D eigenvalue weighted by atomic mass is 10.00. The lowest BCUT2D eigenvalue weighted by Gasteiger charge is -2.34. The molecule has 0 bridgehead atoms. The number of nitrogens with one attached hydrogen (secondary N) is 1. The lowest BCUT2D eigenvalue weighted by Crippen LogP contribution is -2.54. The number of sulfonamides is 1. The highest BCUT2D eigenvalue weighted by molar-refractivity contribution is 7.92. The Kier molecular flexibility index (Phi) is 10.5. The number of carbonyl (C=O) groups is 2. The van der Waals surface area contributed by atoms with Crippen molar-refractivity contribution >= 4 is 27.5 Å². The Morgan fingerprint density at radius 2 is 1.61 bits per heavy atom. The van der Waals surface area contributed by atoms with Crippen LogP contribution in [0.25, 0.3) is 0 Å². The fourth-order valence-corrected chi connectivity index (χ4v) is 5.97. The molecule has 0 aliphatic carbocycles. The number of ether oxygens (including phenoxy) is 2. The van der Waals surface area contributed by atoms with Gasteiger partial charge >= 0.3 is 0 Å². The molecular weight excluding hydrogens is 585 g/mol. The summed E-state index contributed by atoms with van der Waals surface area (Å²) in [5.74, 6) is -0.260. The number of hydrogen-bond acceptors (Lipinski definition) is 6. The van der Waals surface area contributed by atoms with Crippen molar-refractivity contribution in [3.05, 3.63) is 89.7 Å². The van der Waals surface area contributed by atoms with Gasteiger partial charge in [0.15, 0.2) is 11.5 Å². The summed E-state index contributed by atoms with van der Waals surface area (Å²) in [6, 6.07) is 19.4. The van der Waals surface area contributed by atoms with Gasteiger partial charge in [-0.15, -0.1) is 0 Å². The van der Waals surface area contributed by atoms with Crippen LogP contribution >= 0.6 is 0 Å². The molecule has 1 heterocycles. The van der Waals surface area contributed by atoms with Crippen molar-refractivity contribution in [3.63, 3.8) is 0 Å². The summed E-state index contributed by atoms with van der Waals surface area (Å²) < 4.78 is 52.8. The van der Waals surface area contributed by atoms with E-state index in [0.717, 1.165) is 11.8 Å². The van der Waals surface area contributed by atoms with Gasteiger partial charge in [0, 0.05) is 43.1 Å². The van der Waals surface area contributed by atoms with Crippen molar-refractivity contribution in [2.24, 2.45) is 0 Å². The zero-order valence-electron chi connectivity index (χ0n) is 25.6. The number of benzene rings is 3. The molecule has 3 aromatic rings. The fourth-order valence-electron chi connectivity index (χ4n) is 5.01. The molecule has 0 radical (unpaired) electrons. The van der Waals surface area contributed by atoms with E-state index in [2.05, 4.69) is 5.32 Å². The van der Waals surface area contributed by atoms with Crippen molar-refractivity contribution < 1.29 is 31.9 Å². The lowest BCUT2D eigenvalue weighted by molar-refractivity contribution is -0.142. The van der Waals surface area contributed by atoms with Crippen molar-refractivity contribution in [1.29, 1.82) is 0 Å². The molecule has 1 N–H and O–H groups in total. The van der Waals surface area contributed by atoms with Crippen LogP contribution in [0.4, 0.5) is 10.1 Å². The second-order valence-corrected chi connectivity index (χ2v) is 13.7. The summed E-state index contributed by atoms with van der Waals surface area (Å²) in [6.07, 6.45) is 1.41. The summed E-state index contributed by atoms with van der Waals surface area (Å²) in [5, 5.41) is 2.98. The molecule has 9 nitrogen and oxygen atoms in total. The zero-order chi connectivity index (χ0) is 31.9. The molecule has 0 spiro atoms. The third-order valence-corrected chi connectivity index (χ3v) is 8.23. The summed E-state index contributed by atoms with van der Waals surface area (Å²) in [7, 11) is -3.71. The SMILES string of the molecule is CC(C)(C)NC(=O)C(Cc1ccccc1)N(Cc1ccccc1F)C(=O)CCCN(c1ccc2c(c1)OCCO2)S(C)(=O)=O. The van der Waals surface area contributed by atoms with Crippen LogP contribution in [0.3, 0.4) is 0 Å². The van der Waals surface area contributed by atoms with Crippen LogP contribution in [0.2, 0.25) is 0 Å². The Hall–Kier alpha value is -4.12. The first kappa shape index (κ1) is 32.8. The van der Waals surface area contributed by atoms with Crippen LogP contribution in [0.15, 0.2) is 72.8 Å². The van der Waals surface area contributed by atoms with Gasteiger partial charge in [-0.2, -0.15) is 0 Å². The van der Waals surface area contributed by atoms with Crippen LogP contribution < -0.4 is 19.1 Å². The second kappa shape index (κ2) is 14.1. The minimum Gasteiger partial charge on any atom is -0.486 e. The average molecular weight is 626 g/mol. The molecule has 0 saturated heterocycles. The molecule has 0 saturated carbocycles. The molecule has 11 heteroatoms. The van der Waals surface area contributed by atoms with E-state index in [9.17, 15) is 22.4 Å². The number of anilines is 1. The molecule has 1 aliphatic rings. The topological polar surface area (TPSA) is 105 Å². The number of hydrogen-bond donors (Lipinski definition) is 1. The highest BCUT2D eigenvalue weighted by atomic mass is 32.2. The highest BCUT2D eigenvalue weighted by Crippen LogP contribution is 2.35. The number of fused-ring (bicyclic) bond motifs is 1. The largest absolute Gasteiger partial charge is 0.486 e. The molecule has 4 rings (SSSR count). The molecule has 1 atom stereocenters. The maximum absolute atomic E-state index is 14.8. The van der Waals surface area contributed by atoms with Gasteiger partial charge in [-0.05, 0) is 51.0 Å². The van der Waals surface area contributed by atoms with Gasteiger partial charge < -0.3 is 19.7 Å². The van der Waals surface area contributed by atoms with E-state index in [1.807, 2.05) is 51.1 Å². The Morgan fingerprint density at radius 1 is 0.955 bits per heavy atom. The van der Waals surface area contributed by atoms with E-state index in [0.29, 0.717) is 30.4 Å². The first-order valence-corrected chi connectivity index (χ1v) is 16.4. The number of amides is 2. The molecule has 0 fully saturated rings. The monoisotopic (exact) mass is 625 g/mol. The van der Waals surface area contributed by atoms with Gasteiger partial charge in [-0.1, -0.05) is 48.5 Å². The maximum Gasteiger partial charge on any atom is 0.243 e. The highest BCUT2D eigenvalue weighted by Gasteiger charge is 2.33. The summed E-state index contributed by atoms with van der Waals surface area (Å²) in [6.45, 7) is 6.20. The Bertz CT molecular complexity index is 1560. The first-order valence-electron chi connectivity index (χ1n) is 14.6. The van der Waals surface area contributed by atoms with Gasteiger partial charge in [-0.25, -0.2) is 12.8 Å². The Morgan fingerprint density at radius 3 is 2.27 bits per heavy atom. The number of halogens is 1. The predicted octanol–water partition coefficient (Wildman–Crippen LogP) is 4.70. The van der Waals surface area contributed by atoms with E-state index in [-0.39, 0.29) is 43.8 Å². The summed E-state index contributed by atoms with van der Waals surface area (Å²) >= 11 is 0. The minimum atomic E-state index is -3.71. The Balaban J connectivity index is 1.60. The van der Waals surface area contributed by atoms with E-state index in [1.54, 1.807) is 36.4 Å². The van der Waals surface area contributed by atoms with Crippen LogP contribution in [-0.4, -0.2) is 62.7 Å². The van der Waals surface area contributed by atoms with Gasteiger partial charge in [0.25, 0.3) is 0 Å². The third-order valence-electron chi connectivity index (χ3n) is 7.03. The smallest absolute Gasteiger partial charge is 0.243 e. The van der Waals surface area contributed by atoms with Crippen molar-refractivity contribution in [1.82, 2.24) is 10.2 Å². The number of carbonyl (C=O) groups excluding carboxylic acids is 2. The standard InChI is InChI=1S/C33H40FN3O6S/c1-33(2,3)35-32(39)28(21-24-11-6-5-7-12-24)36(23-25-13-8-9-14-27(25)34)31(38)15-10-18-37(44(4,40)41)26-16-17-29-30(22-26)43-20-19-42-29/h5-9,11-14,16-17,22,28H,10,15,18-21,23H2,1-4H3,(H,35,39). The molecule has 0 aromatic heterocycles. The van der Waals surface area contributed by atoms with E-state index >= 15 is 0 Å². The van der Waals surface area contributed by atoms with Crippen molar-refractivity contribution in [2.45, 2.75) is 58.2 Å². The van der Waals surface area contributed by atoms with Gasteiger partial charge in [0.05, 0.1) is 11.9 Å². The van der Waals surface area contributed by atoms with E-state index in [4.69, 9.17) is 9.47 Å². The summed E-state index contributed by atoms with van der Waals surface area (Å²) in [4.78, 5) is 29.0. The number of nitrogens with zero attached hydrogens (tertiary/aromatic N) is 2. The van der Waals surface area contributed by atoms with Crippen LogP contribution in [0.1, 0.15) is 44.7 Å². The zero-order valence-corrected chi connectivity index (χ0v) is 26.4.